The lowest BCUT2D eigenvalue weighted by Crippen LogP contribution is -2.28. The molecule has 0 aliphatic carbocycles. The van der Waals surface area contributed by atoms with Gasteiger partial charge in [0.05, 0.1) is 11.3 Å². The third-order valence-corrected chi connectivity index (χ3v) is 5.62. The number of sulfonamides is 1. The lowest BCUT2D eigenvalue weighted by Gasteiger charge is -2.16. The number of benzene rings is 1. The molecule has 0 aromatic heterocycles. The summed E-state index contributed by atoms with van der Waals surface area (Å²) in [5.74, 6) is -0.484. The van der Waals surface area contributed by atoms with Crippen molar-refractivity contribution in [1.82, 2.24) is 4.31 Å². The molecule has 0 radical (unpaired) electrons. The summed E-state index contributed by atoms with van der Waals surface area (Å²) in [4.78, 5) is 10.8. The maximum atomic E-state index is 12.4. The van der Waals surface area contributed by atoms with Gasteiger partial charge < -0.3 is 5.11 Å². The predicted octanol–water partition coefficient (Wildman–Crippen LogP) is 1.73. The number of aliphatic carboxylic acids is 1. The first-order valence-electron chi connectivity index (χ1n) is 6.74. The first kappa shape index (κ1) is 15.0. The maximum Gasteiger partial charge on any atom is 0.307 e. The topological polar surface area (TPSA) is 74.7 Å². The first-order chi connectivity index (χ1) is 9.43. The summed E-state index contributed by atoms with van der Waals surface area (Å²) >= 11 is 0. The Hall–Kier alpha value is -1.40. The fraction of sp³-hybridized carbons (Fsp3) is 0.500. The number of rotatable bonds is 5. The van der Waals surface area contributed by atoms with Crippen molar-refractivity contribution in [2.24, 2.45) is 5.92 Å². The van der Waals surface area contributed by atoms with Crippen LogP contribution in [-0.4, -0.2) is 36.9 Å². The van der Waals surface area contributed by atoms with Gasteiger partial charge in [-0.15, -0.1) is 0 Å². The van der Waals surface area contributed by atoms with E-state index in [4.69, 9.17) is 5.11 Å². The highest BCUT2D eigenvalue weighted by atomic mass is 32.2. The molecule has 110 valence electrons. The summed E-state index contributed by atoms with van der Waals surface area (Å²) in [6.45, 7) is 3.22. The van der Waals surface area contributed by atoms with E-state index in [0.29, 0.717) is 24.6 Å². The van der Waals surface area contributed by atoms with Crippen LogP contribution >= 0.6 is 0 Å². The van der Waals surface area contributed by atoms with Gasteiger partial charge in [-0.25, -0.2) is 8.42 Å². The van der Waals surface area contributed by atoms with Crippen LogP contribution in [-0.2, 0) is 21.2 Å². The Kier molecular flexibility index (Phi) is 4.45. The van der Waals surface area contributed by atoms with Crippen LogP contribution in [0.3, 0.4) is 0 Å². The standard InChI is InChI=1S/C14H19NO4S/c1-2-11-7-8-15(10-11)20(18,19)13-5-3-12(4-6-13)9-14(16)17/h3-6,11H,2,7-10H2,1H3,(H,16,17). The average Bonchev–Trinajstić information content (AvgIpc) is 2.88. The van der Waals surface area contributed by atoms with Gasteiger partial charge in [0.2, 0.25) is 10.0 Å². The molecule has 1 saturated heterocycles. The molecule has 1 heterocycles. The molecule has 2 rings (SSSR count). The largest absolute Gasteiger partial charge is 0.481 e. The second kappa shape index (κ2) is 5.93. The van der Waals surface area contributed by atoms with Crippen molar-refractivity contribution >= 4 is 16.0 Å². The van der Waals surface area contributed by atoms with E-state index in [1.54, 1.807) is 12.1 Å². The third-order valence-electron chi connectivity index (χ3n) is 3.74. The lowest BCUT2D eigenvalue weighted by atomic mass is 10.1. The Balaban J connectivity index is 2.16. The molecule has 1 aliphatic rings. The van der Waals surface area contributed by atoms with E-state index < -0.39 is 16.0 Å². The quantitative estimate of drug-likeness (QED) is 0.898. The predicted molar refractivity (Wildman–Crippen MR) is 74.9 cm³/mol. The van der Waals surface area contributed by atoms with Crippen LogP contribution in [0.5, 0.6) is 0 Å². The molecule has 1 aliphatic heterocycles. The number of nitrogens with zero attached hydrogens (tertiary/aromatic N) is 1. The van der Waals surface area contributed by atoms with Crippen molar-refractivity contribution in [3.8, 4) is 0 Å². The maximum absolute atomic E-state index is 12.4. The van der Waals surface area contributed by atoms with Gasteiger partial charge in [-0.05, 0) is 30.0 Å². The van der Waals surface area contributed by atoms with Crippen LogP contribution in [0.2, 0.25) is 0 Å². The normalized spacial score (nSPS) is 20.1. The van der Waals surface area contributed by atoms with Crippen LogP contribution in [0.25, 0.3) is 0 Å². The van der Waals surface area contributed by atoms with Gasteiger partial charge in [0.1, 0.15) is 0 Å². The fourth-order valence-electron chi connectivity index (χ4n) is 2.45. The van der Waals surface area contributed by atoms with Crippen LogP contribution in [0.15, 0.2) is 29.2 Å². The molecular weight excluding hydrogens is 278 g/mol. The second-order valence-electron chi connectivity index (χ2n) is 5.14. The Bertz CT molecular complexity index is 580. The zero-order valence-electron chi connectivity index (χ0n) is 11.4. The minimum atomic E-state index is -3.44. The average molecular weight is 297 g/mol. The Morgan fingerprint density at radius 3 is 2.50 bits per heavy atom. The molecule has 1 aromatic rings. The molecule has 1 aromatic carbocycles. The van der Waals surface area contributed by atoms with Crippen LogP contribution in [0.1, 0.15) is 25.3 Å². The zero-order chi connectivity index (χ0) is 14.8. The summed E-state index contributed by atoms with van der Waals surface area (Å²) in [6.07, 6.45) is 1.80. The number of carboxylic acids is 1. The molecule has 1 unspecified atom stereocenters. The van der Waals surface area contributed by atoms with Crippen molar-refractivity contribution in [2.45, 2.75) is 31.1 Å². The van der Waals surface area contributed by atoms with E-state index in [0.717, 1.165) is 12.8 Å². The van der Waals surface area contributed by atoms with E-state index in [2.05, 4.69) is 6.92 Å². The Morgan fingerprint density at radius 2 is 2.00 bits per heavy atom. The van der Waals surface area contributed by atoms with Gasteiger partial charge in [0.25, 0.3) is 0 Å². The van der Waals surface area contributed by atoms with E-state index in [9.17, 15) is 13.2 Å². The number of hydrogen-bond donors (Lipinski definition) is 1. The van der Waals surface area contributed by atoms with E-state index in [1.165, 1.54) is 16.4 Å². The number of carboxylic acid groups (broad SMARTS) is 1. The second-order valence-corrected chi connectivity index (χ2v) is 7.08. The molecule has 0 bridgehead atoms. The highest BCUT2D eigenvalue weighted by Gasteiger charge is 2.31. The van der Waals surface area contributed by atoms with Gasteiger partial charge in [-0.3, -0.25) is 4.79 Å². The molecular formula is C14H19NO4S. The molecule has 1 fully saturated rings. The molecule has 0 amide bonds. The molecule has 1 N–H and O–H groups in total. The molecule has 20 heavy (non-hydrogen) atoms. The fourth-order valence-corrected chi connectivity index (χ4v) is 3.98. The molecule has 6 heteroatoms. The SMILES string of the molecule is CCC1CCN(S(=O)(=O)c2ccc(CC(=O)O)cc2)C1. The molecule has 0 spiro atoms. The van der Waals surface area contributed by atoms with Crippen molar-refractivity contribution < 1.29 is 18.3 Å². The van der Waals surface area contributed by atoms with Crippen LogP contribution in [0, 0.1) is 5.92 Å². The van der Waals surface area contributed by atoms with Gasteiger partial charge in [-0.2, -0.15) is 4.31 Å². The van der Waals surface area contributed by atoms with E-state index in [1.807, 2.05) is 0 Å². The first-order valence-corrected chi connectivity index (χ1v) is 8.18. The van der Waals surface area contributed by atoms with Crippen molar-refractivity contribution in [2.75, 3.05) is 13.1 Å². The summed E-state index contributed by atoms with van der Waals surface area (Å²) in [5, 5.41) is 8.70. The summed E-state index contributed by atoms with van der Waals surface area (Å²) in [6, 6.07) is 6.11. The minimum Gasteiger partial charge on any atom is -0.481 e. The monoisotopic (exact) mass is 297 g/mol. The van der Waals surface area contributed by atoms with E-state index in [-0.39, 0.29) is 11.3 Å². The van der Waals surface area contributed by atoms with Crippen LogP contribution < -0.4 is 0 Å². The van der Waals surface area contributed by atoms with Gasteiger partial charge >= 0.3 is 5.97 Å². The minimum absolute atomic E-state index is 0.0953. The lowest BCUT2D eigenvalue weighted by molar-refractivity contribution is -0.136. The smallest absolute Gasteiger partial charge is 0.307 e. The zero-order valence-corrected chi connectivity index (χ0v) is 12.3. The highest BCUT2D eigenvalue weighted by Crippen LogP contribution is 2.26. The van der Waals surface area contributed by atoms with Crippen molar-refractivity contribution in [3.63, 3.8) is 0 Å². The van der Waals surface area contributed by atoms with E-state index >= 15 is 0 Å². The van der Waals surface area contributed by atoms with Crippen molar-refractivity contribution in [1.29, 1.82) is 0 Å². The summed E-state index contributed by atoms with van der Waals surface area (Å²) in [7, 11) is -3.44. The third kappa shape index (κ3) is 3.19. The number of carbonyl (C=O) groups is 1. The molecule has 0 saturated carbocycles. The van der Waals surface area contributed by atoms with Crippen LogP contribution in [0.4, 0.5) is 0 Å². The Morgan fingerprint density at radius 1 is 1.35 bits per heavy atom. The number of hydrogen-bond acceptors (Lipinski definition) is 3. The van der Waals surface area contributed by atoms with Gasteiger partial charge in [-0.1, -0.05) is 25.5 Å². The molecule has 1 atom stereocenters. The Labute approximate surface area is 119 Å². The van der Waals surface area contributed by atoms with Crippen molar-refractivity contribution in [3.05, 3.63) is 29.8 Å². The molecule has 5 nitrogen and oxygen atoms in total. The van der Waals surface area contributed by atoms with Gasteiger partial charge in [0, 0.05) is 13.1 Å². The summed E-state index contributed by atoms with van der Waals surface area (Å²) < 4.78 is 26.4. The highest BCUT2D eigenvalue weighted by molar-refractivity contribution is 7.89. The van der Waals surface area contributed by atoms with Gasteiger partial charge in [0.15, 0.2) is 0 Å². The summed E-state index contributed by atoms with van der Waals surface area (Å²) in [5.41, 5.74) is 0.601.